The number of unbranched alkanes of at least 4 members (excludes halogenated alkanes) is 4. The van der Waals surface area contributed by atoms with Crippen molar-refractivity contribution in [2.24, 2.45) is 0 Å². The Morgan fingerprint density at radius 1 is 0.731 bits per heavy atom. The van der Waals surface area contributed by atoms with E-state index in [0.717, 1.165) is 11.0 Å². The molecule has 2 aromatic rings. The zero-order chi connectivity index (χ0) is 19.1. The van der Waals surface area contributed by atoms with Crippen molar-refractivity contribution in [2.45, 2.75) is 79.1 Å². The van der Waals surface area contributed by atoms with Gasteiger partial charge < -0.3 is 0 Å². The third-order valence-corrected chi connectivity index (χ3v) is 11.1. The van der Waals surface area contributed by atoms with Gasteiger partial charge in [0, 0.05) is 0 Å². The van der Waals surface area contributed by atoms with Crippen LogP contribution in [-0.2, 0) is 0 Å². The summed E-state index contributed by atoms with van der Waals surface area (Å²) in [5.74, 6) is 0. The molecule has 3 nitrogen and oxygen atoms in total. The second-order valence-electron chi connectivity index (χ2n) is 7.74. The van der Waals surface area contributed by atoms with Crippen LogP contribution in [0.3, 0.4) is 0 Å². The molecule has 0 unspecified atom stereocenters. The first-order valence-electron chi connectivity index (χ1n) is 11.0. The van der Waals surface area contributed by atoms with Crippen LogP contribution >= 0.6 is 7.26 Å². The number of para-hydroxylation sites is 1. The van der Waals surface area contributed by atoms with Crippen LogP contribution in [0.5, 0.6) is 0 Å². The first-order chi connectivity index (χ1) is 12.7. The molecular formula is C22H42N3P. The average molecular weight is 380 g/mol. The minimum absolute atomic E-state index is 0.879. The van der Waals surface area contributed by atoms with Gasteiger partial charge in [-0.3, -0.25) is 5.10 Å². The van der Waals surface area contributed by atoms with Gasteiger partial charge in [0.25, 0.3) is 0 Å². The van der Waals surface area contributed by atoms with Gasteiger partial charge in [0.1, 0.15) is 5.52 Å². The number of hydrogen-bond donors (Lipinski definition) is 1. The number of rotatable bonds is 12. The second-order valence-corrected chi connectivity index (χ2v) is 12.7. The first kappa shape index (κ1) is 23.1. The summed E-state index contributed by atoms with van der Waals surface area (Å²) in [6, 6.07) is 7.74. The van der Waals surface area contributed by atoms with Crippen molar-refractivity contribution in [1.29, 1.82) is 0 Å². The van der Waals surface area contributed by atoms with E-state index in [4.69, 9.17) is 0 Å². The Hall–Kier alpha value is -0.950. The third kappa shape index (κ3) is 8.62. The zero-order valence-corrected chi connectivity index (χ0v) is 18.7. The van der Waals surface area contributed by atoms with Crippen molar-refractivity contribution in [3.8, 4) is 0 Å². The first-order valence-corrected chi connectivity index (χ1v) is 13.8. The van der Waals surface area contributed by atoms with Crippen LogP contribution in [0.2, 0.25) is 0 Å². The molecule has 0 saturated heterocycles. The molecule has 0 atom stereocenters. The van der Waals surface area contributed by atoms with E-state index in [2.05, 4.69) is 43.1 Å². The molecule has 0 aliphatic rings. The monoisotopic (exact) mass is 379 g/mol. The van der Waals surface area contributed by atoms with Gasteiger partial charge in [-0.05, 0) is 12.1 Å². The van der Waals surface area contributed by atoms with Crippen LogP contribution in [0.1, 0.15) is 79.1 Å². The van der Waals surface area contributed by atoms with Crippen molar-refractivity contribution >= 4 is 18.3 Å². The molecule has 2 rings (SSSR count). The summed E-state index contributed by atoms with van der Waals surface area (Å²) in [7, 11) is -0.879. The van der Waals surface area contributed by atoms with Gasteiger partial charge in [-0.25, -0.2) is 0 Å². The Morgan fingerprint density at radius 2 is 1.19 bits per heavy atom. The van der Waals surface area contributed by atoms with E-state index in [9.17, 15) is 0 Å². The molecule has 0 radical (unpaired) electrons. The standard InChI is InChI=1S/C16H37P.C6H5N3/c1-5-9-13-17(14-10-6-2,15-11-7-3)16-12-8-4;1-2-4-6-5(3-1)7-9-8-6/h17H,5-16H2,1-4H3;1-4H,(H,7,8,9). The van der Waals surface area contributed by atoms with Crippen molar-refractivity contribution < 1.29 is 0 Å². The molecule has 1 heterocycles. The smallest absolute Gasteiger partial charge is 0.112 e. The maximum atomic E-state index is 3.81. The summed E-state index contributed by atoms with van der Waals surface area (Å²) in [4.78, 5) is 0. The van der Waals surface area contributed by atoms with Gasteiger partial charge in [0.15, 0.2) is 0 Å². The van der Waals surface area contributed by atoms with E-state index in [1.54, 1.807) is 24.6 Å². The van der Waals surface area contributed by atoms with Crippen LogP contribution in [0.15, 0.2) is 24.3 Å². The normalized spacial score (nSPS) is 12.0. The van der Waals surface area contributed by atoms with Crippen molar-refractivity contribution in [1.82, 2.24) is 15.4 Å². The third-order valence-electron chi connectivity index (χ3n) is 5.47. The summed E-state index contributed by atoms with van der Waals surface area (Å²) >= 11 is 0. The van der Waals surface area contributed by atoms with E-state index in [1.807, 2.05) is 24.3 Å². The van der Waals surface area contributed by atoms with E-state index >= 15 is 0 Å². The average Bonchev–Trinajstić information content (AvgIpc) is 3.16. The molecule has 1 N–H and O–H groups in total. The van der Waals surface area contributed by atoms with E-state index in [-0.39, 0.29) is 0 Å². The zero-order valence-electron chi connectivity index (χ0n) is 17.7. The van der Waals surface area contributed by atoms with Gasteiger partial charge >= 0.3 is 111 Å². The molecule has 0 spiro atoms. The number of H-pyrrole nitrogens is 1. The fourth-order valence-corrected chi connectivity index (χ4v) is 9.66. The summed E-state index contributed by atoms with van der Waals surface area (Å²) in [5.41, 5.74) is 1.90. The van der Waals surface area contributed by atoms with E-state index in [0.29, 0.717) is 0 Å². The van der Waals surface area contributed by atoms with Crippen LogP contribution < -0.4 is 0 Å². The summed E-state index contributed by atoms with van der Waals surface area (Å²) < 4.78 is 0. The van der Waals surface area contributed by atoms with Crippen LogP contribution in [0.25, 0.3) is 11.0 Å². The van der Waals surface area contributed by atoms with E-state index in [1.165, 1.54) is 51.4 Å². The Morgan fingerprint density at radius 3 is 1.62 bits per heavy atom. The Balaban J connectivity index is 0.000000308. The second kappa shape index (κ2) is 14.2. The van der Waals surface area contributed by atoms with Crippen molar-refractivity contribution in [3.63, 3.8) is 0 Å². The summed E-state index contributed by atoms with van der Waals surface area (Å²) in [5, 5.41) is 10.2. The van der Waals surface area contributed by atoms with Gasteiger partial charge in [-0.15, -0.1) is 5.10 Å². The van der Waals surface area contributed by atoms with Gasteiger partial charge in [0.2, 0.25) is 0 Å². The van der Waals surface area contributed by atoms with Gasteiger partial charge in [0.05, 0.1) is 5.52 Å². The van der Waals surface area contributed by atoms with E-state index < -0.39 is 7.26 Å². The largest absolute Gasteiger partial charge is 0.258 e. The van der Waals surface area contributed by atoms with Crippen LogP contribution in [0, 0.1) is 0 Å². The van der Waals surface area contributed by atoms with Crippen molar-refractivity contribution in [3.05, 3.63) is 24.3 Å². The molecule has 0 saturated carbocycles. The van der Waals surface area contributed by atoms with Gasteiger partial charge in [-0.2, -0.15) is 0 Å². The van der Waals surface area contributed by atoms with Crippen molar-refractivity contribution in [2.75, 3.05) is 24.6 Å². The molecule has 1 aromatic carbocycles. The predicted molar refractivity (Wildman–Crippen MR) is 121 cm³/mol. The topological polar surface area (TPSA) is 41.6 Å². The molecule has 150 valence electrons. The molecule has 0 aliphatic carbocycles. The van der Waals surface area contributed by atoms with Crippen LogP contribution in [0.4, 0.5) is 0 Å². The Kier molecular flexibility index (Phi) is 12.6. The van der Waals surface area contributed by atoms with Gasteiger partial charge in [-0.1, -0.05) is 17.3 Å². The number of nitrogens with one attached hydrogen (secondary N) is 1. The maximum Gasteiger partial charge on any atom is 0.112 e. The molecule has 26 heavy (non-hydrogen) atoms. The minimum Gasteiger partial charge on any atom is -0.258 e. The fraction of sp³-hybridized carbons (Fsp3) is 0.727. The number of aromatic nitrogens is 3. The number of fused-ring (bicyclic) bond motifs is 1. The molecule has 0 amide bonds. The molecule has 4 heteroatoms. The molecular weight excluding hydrogens is 337 g/mol. The number of aromatic amines is 1. The number of benzene rings is 1. The molecule has 0 bridgehead atoms. The maximum absolute atomic E-state index is 3.81. The summed E-state index contributed by atoms with van der Waals surface area (Å²) in [6.45, 7) is 9.44. The molecule has 0 aliphatic heterocycles. The predicted octanol–water partition coefficient (Wildman–Crippen LogP) is 6.89. The molecule has 0 fully saturated rings. The van der Waals surface area contributed by atoms with Crippen LogP contribution in [-0.4, -0.2) is 40.1 Å². The minimum atomic E-state index is -0.879. The molecule has 1 aromatic heterocycles. The number of hydrogen-bond acceptors (Lipinski definition) is 2. The Labute approximate surface area is 162 Å². The Bertz CT molecular complexity index is 500. The summed E-state index contributed by atoms with van der Waals surface area (Å²) in [6.07, 6.45) is 18.1. The fourth-order valence-electron chi connectivity index (χ4n) is 3.75. The SMILES string of the molecule is CCCC[PH](CCCC)(CCCC)CCCC.c1ccc2[nH]nnc2c1. The number of nitrogens with zero attached hydrogens (tertiary/aromatic N) is 2. The quantitative estimate of drug-likeness (QED) is 0.408.